The highest BCUT2D eigenvalue weighted by molar-refractivity contribution is 8.03. The lowest BCUT2D eigenvalue weighted by Crippen LogP contribution is -2.12. The van der Waals surface area contributed by atoms with Crippen LogP contribution >= 0.6 is 11.8 Å². The van der Waals surface area contributed by atoms with Crippen molar-refractivity contribution < 1.29 is 0 Å². The number of hydrogen-bond donors (Lipinski definition) is 1. The Morgan fingerprint density at radius 2 is 1.80 bits per heavy atom. The van der Waals surface area contributed by atoms with Crippen LogP contribution in [0.15, 0.2) is 27.7 Å². The molecule has 0 saturated carbocycles. The standard InChI is InChI=1S/C17H32N2S/c1-6-10-15(11-7-2)16(18)13-20-17(9-4)14(8-3)12-19-5/h8,12-13,15,17H,6-7,9-11,18H2,1-5H3/b14-8+,16-13-,19-12?. The van der Waals surface area contributed by atoms with Gasteiger partial charge in [0.2, 0.25) is 0 Å². The highest BCUT2D eigenvalue weighted by Crippen LogP contribution is 2.27. The lowest BCUT2D eigenvalue weighted by molar-refractivity contribution is 0.500. The lowest BCUT2D eigenvalue weighted by Gasteiger charge is -2.18. The maximum absolute atomic E-state index is 6.30. The molecule has 0 aliphatic rings. The molecular weight excluding hydrogens is 264 g/mol. The summed E-state index contributed by atoms with van der Waals surface area (Å²) in [5.41, 5.74) is 8.64. The Hall–Kier alpha value is -0.700. The average molecular weight is 297 g/mol. The van der Waals surface area contributed by atoms with E-state index < -0.39 is 0 Å². The van der Waals surface area contributed by atoms with Crippen LogP contribution in [0.3, 0.4) is 0 Å². The minimum Gasteiger partial charge on any atom is -0.401 e. The van der Waals surface area contributed by atoms with Gasteiger partial charge in [-0.1, -0.05) is 39.7 Å². The number of nitrogens with zero attached hydrogens (tertiary/aromatic N) is 1. The van der Waals surface area contributed by atoms with Gasteiger partial charge in [-0.15, -0.1) is 11.8 Å². The molecule has 0 radical (unpaired) electrons. The molecule has 1 unspecified atom stereocenters. The number of hydrogen-bond acceptors (Lipinski definition) is 3. The first-order valence-electron chi connectivity index (χ1n) is 7.83. The molecule has 20 heavy (non-hydrogen) atoms. The van der Waals surface area contributed by atoms with E-state index in [1.54, 1.807) is 0 Å². The average Bonchev–Trinajstić information content (AvgIpc) is 2.46. The molecular formula is C17H32N2S. The van der Waals surface area contributed by atoms with Crippen LogP contribution in [0.25, 0.3) is 0 Å². The number of nitrogens with two attached hydrogens (primary N) is 1. The summed E-state index contributed by atoms with van der Waals surface area (Å²) < 4.78 is 0. The Balaban J connectivity index is 4.76. The molecule has 0 aliphatic carbocycles. The third kappa shape index (κ3) is 7.18. The lowest BCUT2D eigenvalue weighted by atomic mass is 9.96. The largest absolute Gasteiger partial charge is 0.401 e. The highest BCUT2D eigenvalue weighted by Gasteiger charge is 2.13. The molecule has 0 aliphatic heterocycles. The van der Waals surface area contributed by atoms with Gasteiger partial charge in [-0.2, -0.15) is 0 Å². The predicted molar refractivity (Wildman–Crippen MR) is 95.4 cm³/mol. The molecule has 0 bridgehead atoms. The molecule has 0 amide bonds. The number of aliphatic imine (C=N–C) groups is 1. The van der Waals surface area contributed by atoms with Gasteiger partial charge in [0.15, 0.2) is 0 Å². The fourth-order valence-electron chi connectivity index (χ4n) is 2.33. The summed E-state index contributed by atoms with van der Waals surface area (Å²) in [4.78, 5) is 4.14. The molecule has 116 valence electrons. The van der Waals surface area contributed by atoms with E-state index >= 15 is 0 Å². The molecule has 0 saturated heterocycles. The van der Waals surface area contributed by atoms with Crippen LogP contribution in [0.2, 0.25) is 0 Å². The summed E-state index contributed by atoms with van der Waals surface area (Å²) >= 11 is 1.84. The van der Waals surface area contributed by atoms with Crippen LogP contribution < -0.4 is 5.73 Å². The molecule has 1 atom stereocenters. The summed E-state index contributed by atoms with van der Waals surface area (Å²) in [5.74, 6) is 0.545. The van der Waals surface area contributed by atoms with E-state index in [0.29, 0.717) is 11.2 Å². The van der Waals surface area contributed by atoms with Crippen molar-refractivity contribution in [3.05, 3.63) is 22.8 Å². The first-order valence-corrected chi connectivity index (χ1v) is 8.78. The highest BCUT2D eigenvalue weighted by atomic mass is 32.2. The van der Waals surface area contributed by atoms with Crippen LogP contribution in [0.5, 0.6) is 0 Å². The van der Waals surface area contributed by atoms with Gasteiger partial charge in [-0.25, -0.2) is 0 Å². The zero-order valence-corrected chi connectivity index (χ0v) is 14.7. The minimum absolute atomic E-state index is 0.450. The molecule has 0 rings (SSSR count). The molecule has 0 spiro atoms. The maximum atomic E-state index is 6.30. The van der Waals surface area contributed by atoms with E-state index in [2.05, 4.69) is 44.2 Å². The van der Waals surface area contributed by atoms with E-state index in [4.69, 9.17) is 5.73 Å². The van der Waals surface area contributed by atoms with Gasteiger partial charge in [0, 0.05) is 24.2 Å². The second kappa shape index (κ2) is 12.1. The maximum Gasteiger partial charge on any atom is 0.0348 e. The second-order valence-corrected chi connectivity index (χ2v) is 6.18. The molecule has 0 heterocycles. The van der Waals surface area contributed by atoms with Crippen molar-refractivity contribution in [2.24, 2.45) is 16.6 Å². The van der Waals surface area contributed by atoms with Crippen molar-refractivity contribution in [3.8, 4) is 0 Å². The Morgan fingerprint density at radius 1 is 1.20 bits per heavy atom. The van der Waals surface area contributed by atoms with Crippen molar-refractivity contribution >= 4 is 18.0 Å². The quantitative estimate of drug-likeness (QED) is 0.565. The van der Waals surface area contributed by atoms with Crippen LogP contribution in [-0.4, -0.2) is 18.5 Å². The first kappa shape index (κ1) is 19.3. The number of allylic oxidation sites excluding steroid dienone is 2. The smallest absolute Gasteiger partial charge is 0.0348 e. The normalized spacial score (nSPS) is 15.3. The van der Waals surface area contributed by atoms with Crippen LogP contribution in [0.4, 0.5) is 0 Å². The van der Waals surface area contributed by atoms with E-state index in [1.165, 1.54) is 31.3 Å². The van der Waals surface area contributed by atoms with E-state index in [1.807, 2.05) is 25.0 Å². The second-order valence-electron chi connectivity index (χ2n) is 5.10. The van der Waals surface area contributed by atoms with E-state index in [-0.39, 0.29) is 0 Å². The Morgan fingerprint density at radius 3 is 2.20 bits per heavy atom. The van der Waals surface area contributed by atoms with Gasteiger partial charge >= 0.3 is 0 Å². The molecule has 2 N–H and O–H groups in total. The third-order valence-electron chi connectivity index (χ3n) is 3.47. The van der Waals surface area contributed by atoms with E-state index in [9.17, 15) is 0 Å². The van der Waals surface area contributed by atoms with Gasteiger partial charge in [0.05, 0.1) is 0 Å². The van der Waals surface area contributed by atoms with Gasteiger partial charge in [0.1, 0.15) is 0 Å². The number of rotatable bonds is 10. The minimum atomic E-state index is 0.450. The van der Waals surface area contributed by atoms with Crippen molar-refractivity contribution in [3.63, 3.8) is 0 Å². The predicted octanol–water partition coefficient (Wildman–Crippen LogP) is 5.16. The van der Waals surface area contributed by atoms with E-state index in [0.717, 1.165) is 12.1 Å². The van der Waals surface area contributed by atoms with Gasteiger partial charge in [-0.3, -0.25) is 4.99 Å². The fourth-order valence-corrected chi connectivity index (χ4v) is 3.40. The SMILES string of the molecule is C/C=C(\C=NC)C(CC)S/C=C(\N)C(CCC)CCC. The van der Waals surface area contributed by atoms with Gasteiger partial charge in [-0.05, 0) is 43.1 Å². The van der Waals surface area contributed by atoms with Crippen LogP contribution in [0, 0.1) is 5.92 Å². The van der Waals surface area contributed by atoms with Crippen molar-refractivity contribution in [1.29, 1.82) is 0 Å². The molecule has 0 fully saturated rings. The summed E-state index contributed by atoms with van der Waals surface area (Å²) in [6.45, 7) is 8.75. The monoisotopic (exact) mass is 296 g/mol. The summed E-state index contributed by atoms with van der Waals surface area (Å²) in [6, 6.07) is 0. The molecule has 2 nitrogen and oxygen atoms in total. The van der Waals surface area contributed by atoms with Crippen molar-refractivity contribution in [2.45, 2.75) is 65.0 Å². The zero-order chi connectivity index (χ0) is 15.4. The summed E-state index contributed by atoms with van der Waals surface area (Å²) in [5, 5.41) is 2.63. The molecule has 0 aromatic heterocycles. The van der Waals surface area contributed by atoms with Gasteiger partial charge in [0.25, 0.3) is 0 Å². The molecule has 0 aromatic carbocycles. The first-order chi connectivity index (χ1) is 9.64. The summed E-state index contributed by atoms with van der Waals surface area (Å²) in [7, 11) is 1.82. The van der Waals surface area contributed by atoms with Crippen LogP contribution in [0.1, 0.15) is 59.8 Å². The number of thioether (sulfide) groups is 1. The fraction of sp³-hybridized carbons (Fsp3) is 0.706. The Bertz CT molecular complexity index is 326. The topological polar surface area (TPSA) is 38.4 Å². The molecule has 3 heteroatoms. The third-order valence-corrected chi connectivity index (χ3v) is 4.81. The Labute approximate surface area is 130 Å². The van der Waals surface area contributed by atoms with Crippen molar-refractivity contribution in [1.82, 2.24) is 0 Å². The van der Waals surface area contributed by atoms with Gasteiger partial charge < -0.3 is 5.73 Å². The Kier molecular flexibility index (Phi) is 11.6. The van der Waals surface area contributed by atoms with Crippen molar-refractivity contribution in [2.75, 3.05) is 7.05 Å². The zero-order valence-electron chi connectivity index (χ0n) is 13.9. The van der Waals surface area contributed by atoms with Crippen LogP contribution in [-0.2, 0) is 0 Å². The summed E-state index contributed by atoms with van der Waals surface area (Å²) in [6.07, 6.45) is 9.98. The molecule has 0 aromatic rings.